The number of anilines is 1. The predicted molar refractivity (Wildman–Crippen MR) is 124 cm³/mol. The first-order chi connectivity index (χ1) is 14.5. The topological polar surface area (TPSA) is 98.9 Å². The number of aromatic nitrogens is 1. The summed E-state index contributed by atoms with van der Waals surface area (Å²) in [5.41, 5.74) is 4.42. The van der Waals surface area contributed by atoms with Gasteiger partial charge in [0, 0.05) is 11.1 Å². The van der Waals surface area contributed by atoms with Gasteiger partial charge in [0.25, 0.3) is 5.69 Å². The van der Waals surface area contributed by atoms with Crippen LogP contribution in [-0.4, -0.2) is 23.2 Å². The van der Waals surface area contributed by atoms with Crippen molar-refractivity contribution in [1.82, 2.24) is 4.98 Å². The smallest absolute Gasteiger partial charge is 0.287 e. The van der Waals surface area contributed by atoms with Gasteiger partial charge in [-0.15, -0.1) is 0 Å². The molecule has 0 amide bonds. The molecule has 1 N–H and O–H groups in total. The molecule has 10 heteroatoms. The molecule has 1 heterocycles. The fraction of sp³-hybridized carbons (Fsp3) is 0.100. The Kier molecular flexibility index (Phi) is 7.41. The van der Waals surface area contributed by atoms with E-state index in [1.165, 1.54) is 12.1 Å². The van der Waals surface area contributed by atoms with Crippen molar-refractivity contribution in [1.29, 1.82) is 0 Å². The summed E-state index contributed by atoms with van der Waals surface area (Å²) in [5.74, 6) is 1.60. The average Bonchev–Trinajstić information content (AvgIpc) is 2.74. The molecule has 0 saturated carbocycles. The fourth-order valence-corrected chi connectivity index (χ4v) is 3.33. The largest absolute Gasteiger partial charge is 0.493 e. The van der Waals surface area contributed by atoms with Crippen molar-refractivity contribution in [3.63, 3.8) is 0 Å². The summed E-state index contributed by atoms with van der Waals surface area (Å²) in [5, 5.41) is 15.4. The summed E-state index contributed by atoms with van der Waals surface area (Å²) in [6.07, 6.45) is 2.76. The Morgan fingerprint density at radius 3 is 2.67 bits per heavy atom. The predicted octanol–water partition coefficient (Wildman–Crippen LogP) is 5.28. The molecule has 0 aliphatic carbocycles. The van der Waals surface area contributed by atoms with Crippen LogP contribution >= 0.6 is 34.2 Å². The molecule has 0 aliphatic rings. The van der Waals surface area contributed by atoms with Gasteiger partial charge in [-0.3, -0.25) is 15.5 Å². The lowest BCUT2D eigenvalue weighted by molar-refractivity contribution is -0.385. The van der Waals surface area contributed by atoms with Crippen LogP contribution < -0.4 is 14.9 Å². The van der Waals surface area contributed by atoms with E-state index in [-0.39, 0.29) is 5.69 Å². The molecule has 154 valence electrons. The Morgan fingerprint density at radius 2 is 2.03 bits per heavy atom. The minimum atomic E-state index is -0.509. The molecule has 0 atom stereocenters. The Labute approximate surface area is 191 Å². The molecule has 30 heavy (non-hydrogen) atoms. The zero-order valence-electron chi connectivity index (χ0n) is 15.7. The molecular formula is C20H16ClIN4O4. The molecule has 0 spiro atoms. The van der Waals surface area contributed by atoms with Crippen LogP contribution in [0.15, 0.2) is 59.8 Å². The number of hydrogen-bond acceptors (Lipinski definition) is 7. The highest BCUT2D eigenvalue weighted by atomic mass is 127. The second-order valence-corrected chi connectivity index (χ2v) is 7.58. The van der Waals surface area contributed by atoms with E-state index in [1.54, 1.807) is 19.4 Å². The quantitative estimate of drug-likeness (QED) is 0.181. The minimum absolute atomic E-state index is 0.0852. The highest BCUT2D eigenvalue weighted by Gasteiger charge is 2.12. The average molecular weight is 539 g/mol. The molecule has 0 fully saturated rings. The van der Waals surface area contributed by atoms with Gasteiger partial charge in [-0.25, -0.2) is 4.98 Å². The van der Waals surface area contributed by atoms with E-state index in [4.69, 9.17) is 21.1 Å². The number of halogens is 2. The van der Waals surface area contributed by atoms with Crippen LogP contribution in [0.2, 0.25) is 5.02 Å². The summed E-state index contributed by atoms with van der Waals surface area (Å²) in [6.45, 7) is 0.379. The van der Waals surface area contributed by atoms with Crippen molar-refractivity contribution in [3.05, 3.63) is 84.6 Å². The van der Waals surface area contributed by atoms with Gasteiger partial charge in [0.2, 0.25) is 0 Å². The second kappa shape index (κ2) is 10.2. The third kappa shape index (κ3) is 5.80. The lowest BCUT2D eigenvalue weighted by atomic mass is 10.2. The Hall–Kier alpha value is -2.92. The molecule has 3 rings (SSSR count). The standard InChI is InChI=1S/C20H16ClIN4O4/c1-29-18-9-14(10-24-25-19-7-6-16(11-23-19)26(27)28)8-17(22)20(18)30-12-13-2-4-15(21)5-3-13/h2-11H,12H2,1H3,(H,23,25)/b24-10-. The number of hydrazone groups is 1. The number of ether oxygens (including phenoxy) is 2. The molecule has 2 aromatic carbocycles. The summed E-state index contributed by atoms with van der Waals surface area (Å²) in [7, 11) is 1.57. The van der Waals surface area contributed by atoms with E-state index >= 15 is 0 Å². The molecule has 3 aromatic rings. The van der Waals surface area contributed by atoms with Crippen molar-refractivity contribution in [2.75, 3.05) is 12.5 Å². The first kappa shape index (κ1) is 21.8. The molecule has 8 nitrogen and oxygen atoms in total. The summed E-state index contributed by atoms with van der Waals surface area (Å²) in [6, 6.07) is 14.0. The van der Waals surface area contributed by atoms with E-state index in [2.05, 4.69) is 38.1 Å². The molecule has 0 unspecified atom stereocenters. The maximum absolute atomic E-state index is 10.7. The minimum Gasteiger partial charge on any atom is -0.493 e. The van der Waals surface area contributed by atoms with E-state index in [0.717, 1.165) is 20.9 Å². The zero-order valence-corrected chi connectivity index (χ0v) is 18.6. The van der Waals surface area contributed by atoms with Gasteiger partial charge in [0.05, 0.1) is 21.8 Å². The van der Waals surface area contributed by atoms with E-state index in [1.807, 2.05) is 30.3 Å². The zero-order chi connectivity index (χ0) is 21.5. The molecule has 0 aliphatic heterocycles. The van der Waals surface area contributed by atoms with Crippen molar-refractivity contribution in [2.45, 2.75) is 6.61 Å². The molecule has 0 bridgehead atoms. The Balaban J connectivity index is 1.68. The fourth-order valence-electron chi connectivity index (χ4n) is 2.42. The molecular weight excluding hydrogens is 523 g/mol. The van der Waals surface area contributed by atoms with Crippen LogP contribution in [0.3, 0.4) is 0 Å². The van der Waals surface area contributed by atoms with Crippen LogP contribution in [0.5, 0.6) is 11.5 Å². The molecule has 1 aromatic heterocycles. The SMILES string of the molecule is COc1cc(/C=N\Nc2ccc([N+](=O)[O-])cn2)cc(I)c1OCc1ccc(Cl)cc1. The van der Waals surface area contributed by atoms with Crippen molar-refractivity contribution >= 4 is 51.9 Å². The maximum Gasteiger partial charge on any atom is 0.287 e. The molecule has 0 radical (unpaired) electrons. The van der Waals surface area contributed by atoms with Crippen LogP contribution in [0.1, 0.15) is 11.1 Å². The van der Waals surface area contributed by atoms with Crippen molar-refractivity contribution < 1.29 is 14.4 Å². The first-order valence-corrected chi connectivity index (χ1v) is 10.1. The number of pyridine rings is 1. The van der Waals surface area contributed by atoms with Crippen molar-refractivity contribution in [3.8, 4) is 11.5 Å². The normalized spacial score (nSPS) is 10.8. The Morgan fingerprint density at radius 1 is 1.27 bits per heavy atom. The summed E-state index contributed by atoms with van der Waals surface area (Å²) in [4.78, 5) is 14.1. The van der Waals surface area contributed by atoms with Gasteiger partial charge in [-0.2, -0.15) is 5.10 Å². The lowest BCUT2D eigenvalue weighted by Crippen LogP contribution is -2.01. The van der Waals surface area contributed by atoms with Crippen LogP contribution in [-0.2, 0) is 6.61 Å². The van der Waals surface area contributed by atoms with Crippen LogP contribution in [0.4, 0.5) is 11.5 Å². The summed E-state index contributed by atoms with van der Waals surface area (Å²) < 4.78 is 12.3. The van der Waals surface area contributed by atoms with Gasteiger partial charge in [0.15, 0.2) is 11.5 Å². The number of benzene rings is 2. The summed E-state index contributed by atoms with van der Waals surface area (Å²) >= 11 is 8.08. The van der Waals surface area contributed by atoms with E-state index in [0.29, 0.717) is 28.9 Å². The van der Waals surface area contributed by atoms with E-state index < -0.39 is 4.92 Å². The van der Waals surface area contributed by atoms with E-state index in [9.17, 15) is 10.1 Å². The van der Waals surface area contributed by atoms with Gasteiger partial charge >= 0.3 is 0 Å². The van der Waals surface area contributed by atoms with Gasteiger partial charge in [-0.05, 0) is 64.0 Å². The number of rotatable bonds is 8. The van der Waals surface area contributed by atoms with Gasteiger partial charge < -0.3 is 9.47 Å². The maximum atomic E-state index is 10.7. The number of methoxy groups -OCH3 is 1. The number of nitro groups is 1. The number of nitrogens with one attached hydrogen (secondary N) is 1. The van der Waals surface area contributed by atoms with Gasteiger partial charge in [0.1, 0.15) is 18.6 Å². The highest BCUT2D eigenvalue weighted by molar-refractivity contribution is 14.1. The third-order valence-corrected chi connectivity index (χ3v) is 4.95. The number of hydrogen-bond donors (Lipinski definition) is 1. The van der Waals surface area contributed by atoms with Crippen LogP contribution in [0.25, 0.3) is 0 Å². The highest BCUT2D eigenvalue weighted by Crippen LogP contribution is 2.34. The monoisotopic (exact) mass is 538 g/mol. The second-order valence-electron chi connectivity index (χ2n) is 5.98. The van der Waals surface area contributed by atoms with Crippen LogP contribution in [0, 0.1) is 13.7 Å². The molecule has 0 saturated heterocycles. The lowest BCUT2D eigenvalue weighted by Gasteiger charge is -2.13. The first-order valence-electron chi connectivity index (χ1n) is 8.60. The van der Waals surface area contributed by atoms with Crippen molar-refractivity contribution in [2.24, 2.45) is 5.10 Å². The Bertz CT molecular complexity index is 1060. The number of nitrogens with zero attached hydrogens (tertiary/aromatic N) is 3. The van der Waals surface area contributed by atoms with Gasteiger partial charge in [-0.1, -0.05) is 23.7 Å². The third-order valence-electron chi connectivity index (χ3n) is 3.90.